The van der Waals surface area contributed by atoms with E-state index in [-0.39, 0.29) is 0 Å². The molecule has 0 spiro atoms. The molecule has 0 heterocycles. The SMILES string of the molecule is CCCN(CCNC1CCCC1)CC(F)(F)F. The highest BCUT2D eigenvalue weighted by Gasteiger charge is 2.30. The number of hydrogen-bond donors (Lipinski definition) is 1. The average Bonchev–Trinajstić information content (AvgIpc) is 2.68. The zero-order valence-electron chi connectivity index (χ0n) is 10.5. The van der Waals surface area contributed by atoms with Crippen LogP contribution in [0.4, 0.5) is 13.2 Å². The van der Waals surface area contributed by atoms with Gasteiger partial charge in [-0.2, -0.15) is 13.2 Å². The highest BCUT2D eigenvalue weighted by atomic mass is 19.4. The van der Waals surface area contributed by atoms with Gasteiger partial charge in [0.15, 0.2) is 0 Å². The Morgan fingerprint density at radius 1 is 1.18 bits per heavy atom. The van der Waals surface area contributed by atoms with Crippen molar-refractivity contribution in [1.29, 1.82) is 0 Å². The highest BCUT2D eigenvalue weighted by molar-refractivity contribution is 4.74. The van der Waals surface area contributed by atoms with Crippen LogP contribution in [0.3, 0.4) is 0 Å². The molecule has 17 heavy (non-hydrogen) atoms. The quantitative estimate of drug-likeness (QED) is 0.749. The van der Waals surface area contributed by atoms with Crippen molar-refractivity contribution >= 4 is 0 Å². The van der Waals surface area contributed by atoms with Crippen LogP contribution in [0.1, 0.15) is 39.0 Å². The van der Waals surface area contributed by atoms with E-state index in [2.05, 4.69) is 5.32 Å². The second kappa shape index (κ2) is 7.21. The minimum absolute atomic E-state index is 0.490. The molecule has 0 saturated heterocycles. The average molecular weight is 252 g/mol. The maximum Gasteiger partial charge on any atom is 0.401 e. The van der Waals surface area contributed by atoms with E-state index >= 15 is 0 Å². The van der Waals surface area contributed by atoms with Gasteiger partial charge < -0.3 is 5.32 Å². The Kier molecular flexibility index (Phi) is 6.27. The molecule has 1 N–H and O–H groups in total. The van der Waals surface area contributed by atoms with Gasteiger partial charge in [0.2, 0.25) is 0 Å². The molecule has 1 fully saturated rings. The summed E-state index contributed by atoms with van der Waals surface area (Å²) >= 11 is 0. The van der Waals surface area contributed by atoms with Crippen LogP contribution < -0.4 is 5.32 Å². The third-order valence-corrected chi connectivity index (χ3v) is 3.16. The summed E-state index contributed by atoms with van der Waals surface area (Å²) in [5, 5.41) is 3.35. The molecule has 0 amide bonds. The molecule has 0 aromatic carbocycles. The lowest BCUT2D eigenvalue weighted by Crippen LogP contribution is -2.40. The normalized spacial score (nSPS) is 18.2. The molecule has 1 saturated carbocycles. The first-order valence-corrected chi connectivity index (χ1v) is 6.54. The van der Waals surface area contributed by atoms with Crippen LogP contribution >= 0.6 is 0 Å². The Balaban J connectivity index is 2.18. The van der Waals surface area contributed by atoms with Crippen LogP contribution in [0.15, 0.2) is 0 Å². The summed E-state index contributed by atoms with van der Waals surface area (Å²) in [4.78, 5) is 1.49. The lowest BCUT2D eigenvalue weighted by atomic mass is 10.2. The smallest absolute Gasteiger partial charge is 0.313 e. The summed E-state index contributed by atoms with van der Waals surface area (Å²) in [5.41, 5.74) is 0. The first-order chi connectivity index (χ1) is 8.01. The maximum absolute atomic E-state index is 12.3. The van der Waals surface area contributed by atoms with Gasteiger partial charge >= 0.3 is 6.18 Å². The number of nitrogens with zero attached hydrogens (tertiary/aromatic N) is 1. The second-order valence-corrected chi connectivity index (χ2v) is 4.83. The Morgan fingerprint density at radius 3 is 2.35 bits per heavy atom. The molecule has 1 rings (SSSR count). The zero-order chi connectivity index (χ0) is 12.7. The van der Waals surface area contributed by atoms with Crippen molar-refractivity contribution in [2.45, 2.75) is 51.2 Å². The molecule has 0 aromatic heterocycles. The van der Waals surface area contributed by atoms with E-state index in [1.807, 2.05) is 6.92 Å². The highest BCUT2D eigenvalue weighted by Crippen LogP contribution is 2.18. The summed E-state index contributed by atoms with van der Waals surface area (Å²) in [6.07, 6.45) is 1.53. The standard InChI is InChI=1S/C12H23F3N2/c1-2-8-17(10-12(13,14)15)9-7-16-11-5-3-4-6-11/h11,16H,2-10H2,1H3. The minimum atomic E-state index is -4.08. The predicted octanol–water partition coefficient (Wildman–Crippen LogP) is 2.79. The summed E-state index contributed by atoms with van der Waals surface area (Å²) in [7, 11) is 0. The molecule has 0 aliphatic heterocycles. The van der Waals surface area contributed by atoms with Crippen molar-refractivity contribution in [3.63, 3.8) is 0 Å². The fourth-order valence-corrected chi connectivity index (χ4v) is 2.40. The largest absolute Gasteiger partial charge is 0.401 e. The summed E-state index contributed by atoms with van der Waals surface area (Å²) in [5.74, 6) is 0. The first-order valence-electron chi connectivity index (χ1n) is 6.54. The first kappa shape index (κ1) is 14.8. The van der Waals surface area contributed by atoms with Gasteiger partial charge in [-0.3, -0.25) is 4.90 Å². The van der Waals surface area contributed by atoms with Gasteiger partial charge in [0.05, 0.1) is 6.54 Å². The fourth-order valence-electron chi connectivity index (χ4n) is 2.40. The minimum Gasteiger partial charge on any atom is -0.313 e. The van der Waals surface area contributed by atoms with Crippen LogP contribution in [0.5, 0.6) is 0 Å². The summed E-state index contributed by atoms with van der Waals surface area (Å²) in [6.45, 7) is 2.80. The number of alkyl halides is 3. The van der Waals surface area contributed by atoms with Crippen LogP contribution in [0.25, 0.3) is 0 Å². The number of hydrogen-bond acceptors (Lipinski definition) is 2. The molecular formula is C12H23F3N2. The van der Waals surface area contributed by atoms with E-state index in [4.69, 9.17) is 0 Å². The van der Waals surface area contributed by atoms with E-state index in [0.29, 0.717) is 25.7 Å². The van der Waals surface area contributed by atoms with Crippen LogP contribution in [0, 0.1) is 0 Å². The van der Waals surface area contributed by atoms with Crippen LogP contribution in [-0.4, -0.2) is 43.3 Å². The topological polar surface area (TPSA) is 15.3 Å². The van der Waals surface area contributed by atoms with Crippen molar-refractivity contribution in [1.82, 2.24) is 10.2 Å². The lowest BCUT2D eigenvalue weighted by molar-refractivity contribution is -0.145. The van der Waals surface area contributed by atoms with Gasteiger partial charge in [0.25, 0.3) is 0 Å². The van der Waals surface area contributed by atoms with Gasteiger partial charge in [-0.1, -0.05) is 19.8 Å². The van der Waals surface area contributed by atoms with Gasteiger partial charge in [0.1, 0.15) is 0 Å². The fraction of sp³-hybridized carbons (Fsp3) is 1.00. The van der Waals surface area contributed by atoms with E-state index < -0.39 is 12.7 Å². The molecule has 0 aromatic rings. The number of rotatable bonds is 7. The summed E-state index contributed by atoms with van der Waals surface area (Å²) in [6, 6.07) is 0.532. The van der Waals surface area contributed by atoms with Crippen molar-refractivity contribution in [2.75, 3.05) is 26.2 Å². The van der Waals surface area contributed by atoms with E-state index in [1.165, 1.54) is 30.6 Å². The van der Waals surface area contributed by atoms with E-state index in [0.717, 1.165) is 6.42 Å². The molecule has 1 aliphatic carbocycles. The Bertz CT molecular complexity index is 200. The molecule has 0 radical (unpaired) electrons. The van der Waals surface area contributed by atoms with Gasteiger partial charge in [-0.05, 0) is 25.8 Å². The van der Waals surface area contributed by atoms with Gasteiger partial charge in [-0.25, -0.2) is 0 Å². The Morgan fingerprint density at radius 2 is 1.82 bits per heavy atom. The Hall–Kier alpha value is -0.290. The molecule has 1 aliphatic rings. The van der Waals surface area contributed by atoms with E-state index in [9.17, 15) is 13.2 Å². The maximum atomic E-state index is 12.3. The van der Waals surface area contributed by atoms with Crippen molar-refractivity contribution in [3.8, 4) is 0 Å². The lowest BCUT2D eigenvalue weighted by Gasteiger charge is -2.24. The van der Waals surface area contributed by atoms with E-state index in [1.54, 1.807) is 0 Å². The molecule has 0 atom stereocenters. The molecule has 2 nitrogen and oxygen atoms in total. The van der Waals surface area contributed by atoms with Gasteiger partial charge in [0, 0.05) is 19.1 Å². The second-order valence-electron chi connectivity index (χ2n) is 4.83. The van der Waals surface area contributed by atoms with Crippen molar-refractivity contribution < 1.29 is 13.2 Å². The third-order valence-electron chi connectivity index (χ3n) is 3.16. The van der Waals surface area contributed by atoms with Crippen LogP contribution in [-0.2, 0) is 0 Å². The molecule has 0 bridgehead atoms. The molecule has 102 valence electrons. The Labute approximate surface area is 102 Å². The van der Waals surface area contributed by atoms with Crippen LogP contribution in [0.2, 0.25) is 0 Å². The third kappa shape index (κ3) is 6.88. The monoisotopic (exact) mass is 252 g/mol. The number of halogens is 3. The summed E-state index contributed by atoms with van der Waals surface area (Å²) < 4.78 is 36.9. The molecule has 5 heteroatoms. The van der Waals surface area contributed by atoms with Gasteiger partial charge in [-0.15, -0.1) is 0 Å². The number of nitrogens with one attached hydrogen (secondary N) is 1. The zero-order valence-corrected chi connectivity index (χ0v) is 10.5. The molecular weight excluding hydrogens is 229 g/mol. The van der Waals surface area contributed by atoms with Crippen molar-refractivity contribution in [3.05, 3.63) is 0 Å². The predicted molar refractivity (Wildman–Crippen MR) is 63.0 cm³/mol. The molecule has 0 unspecified atom stereocenters. The van der Waals surface area contributed by atoms with Crippen molar-refractivity contribution in [2.24, 2.45) is 0 Å².